The van der Waals surface area contributed by atoms with Gasteiger partial charge in [0, 0.05) is 44.8 Å². The van der Waals surface area contributed by atoms with E-state index < -0.39 is 24.4 Å². The molecule has 158 valence electrons. The molecule has 0 unspecified atom stereocenters. The standard InChI is InChI=1S/C20H28N4O5/c25-17(24-9-7-23(8-10-24)16-3-1-2-6-21-16)11-14-18(26)19(27)15(29-14)12-22-20(28)13-4-5-13/h1-3,6,13-15,18-19,26-27H,4-5,7-12H2,(H,22,28)/t14-,15+,18-,19+/m0/s1. The predicted octanol–water partition coefficient (Wildman–Crippen LogP) is -0.864. The van der Waals surface area contributed by atoms with Crippen molar-refractivity contribution < 1.29 is 24.5 Å². The zero-order valence-electron chi connectivity index (χ0n) is 16.3. The largest absolute Gasteiger partial charge is 0.388 e. The van der Waals surface area contributed by atoms with Gasteiger partial charge in [0.25, 0.3) is 0 Å². The normalized spacial score (nSPS) is 29.7. The Hall–Kier alpha value is -2.23. The Morgan fingerprint density at radius 1 is 1.10 bits per heavy atom. The van der Waals surface area contributed by atoms with Gasteiger partial charge in [0.1, 0.15) is 24.1 Å². The Labute approximate surface area is 169 Å². The van der Waals surface area contributed by atoms with E-state index in [0.29, 0.717) is 26.2 Å². The Morgan fingerprint density at radius 2 is 1.83 bits per heavy atom. The molecule has 9 nitrogen and oxygen atoms in total. The third-order valence-corrected chi connectivity index (χ3v) is 5.87. The predicted molar refractivity (Wildman–Crippen MR) is 104 cm³/mol. The first-order chi connectivity index (χ1) is 14.0. The number of hydrogen-bond acceptors (Lipinski definition) is 7. The summed E-state index contributed by atoms with van der Waals surface area (Å²) in [6.45, 7) is 2.66. The third kappa shape index (κ3) is 4.68. The van der Waals surface area contributed by atoms with E-state index in [4.69, 9.17) is 4.74 Å². The quantitative estimate of drug-likeness (QED) is 0.565. The van der Waals surface area contributed by atoms with Crippen LogP contribution in [0.5, 0.6) is 0 Å². The first kappa shape index (κ1) is 20.1. The van der Waals surface area contributed by atoms with E-state index in [9.17, 15) is 19.8 Å². The van der Waals surface area contributed by atoms with E-state index >= 15 is 0 Å². The Balaban J connectivity index is 1.24. The third-order valence-electron chi connectivity index (χ3n) is 5.87. The molecule has 4 atom stereocenters. The summed E-state index contributed by atoms with van der Waals surface area (Å²) in [5.74, 6) is 0.819. The summed E-state index contributed by atoms with van der Waals surface area (Å²) in [4.78, 5) is 32.7. The molecular formula is C20H28N4O5. The number of aliphatic hydroxyl groups excluding tert-OH is 2. The van der Waals surface area contributed by atoms with Crippen molar-refractivity contribution in [1.82, 2.24) is 15.2 Å². The Morgan fingerprint density at radius 3 is 2.48 bits per heavy atom. The molecule has 2 amide bonds. The molecule has 3 aliphatic rings. The van der Waals surface area contributed by atoms with Gasteiger partial charge in [-0.1, -0.05) is 6.07 Å². The highest BCUT2D eigenvalue weighted by molar-refractivity contribution is 5.80. The van der Waals surface area contributed by atoms with Crippen LogP contribution in [0.25, 0.3) is 0 Å². The molecule has 3 fully saturated rings. The average Bonchev–Trinajstić information content (AvgIpc) is 3.57. The van der Waals surface area contributed by atoms with Gasteiger partial charge in [0.2, 0.25) is 11.8 Å². The lowest BCUT2D eigenvalue weighted by Gasteiger charge is -2.36. The van der Waals surface area contributed by atoms with Crippen molar-refractivity contribution in [3.63, 3.8) is 0 Å². The monoisotopic (exact) mass is 404 g/mol. The molecule has 4 rings (SSSR count). The van der Waals surface area contributed by atoms with Gasteiger partial charge in [-0.2, -0.15) is 0 Å². The van der Waals surface area contributed by atoms with Gasteiger partial charge in [0.15, 0.2) is 0 Å². The number of amides is 2. The fourth-order valence-corrected chi connectivity index (χ4v) is 3.88. The highest BCUT2D eigenvalue weighted by Crippen LogP contribution is 2.29. The van der Waals surface area contributed by atoms with Crippen LogP contribution in [0.15, 0.2) is 24.4 Å². The van der Waals surface area contributed by atoms with Crippen LogP contribution in [-0.4, -0.2) is 89.1 Å². The molecular weight excluding hydrogens is 376 g/mol. The van der Waals surface area contributed by atoms with Gasteiger partial charge >= 0.3 is 0 Å². The fourth-order valence-electron chi connectivity index (χ4n) is 3.88. The van der Waals surface area contributed by atoms with E-state index in [1.165, 1.54) is 0 Å². The molecule has 1 aromatic rings. The minimum Gasteiger partial charge on any atom is -0.388 e. The second-order valence-corrected chi connectivity index (χ2v) is 7.97. The maximum absolute atomic E-state index is 12.7. The number of carbonyl (C=O) groups excluding carboxylic acids is 2. The molecule has 1 saturated carbocycles. The van der Waals surface area contributed by atoms with Crippen LogP contribution in [0.4, 0.5) is 5.82 Å². The molecule has 1 aliphatic carbocycles. The van der Waals surface area contributed by atoms with Crippen molar-refractivity contribution in [2.75, 3.05) is 37.6 Å². The number of pyridine rings is 1. The number of nitrogens with one attached hydrogen (secondary N) is 1. The van der Waals surface area contributed by atoms with E-state index in [1.54, 1.807) is 11.1 Å². The highest BCUT2D eigenvalue weighted by Gasteiger charge is 2.44. The summed E-state index contributed by atoms with van der Waals surface area (Å²) >= 11 is 0. The summed E-state index contributed by atoms with van der Waals surface area (Å²) in [6.07, 6.45) is -0.180. The lowest BCUT2D eigenvalue weighted by molar-refractivity contribution is -0.135. The van der Waals surface area contributed by atoms with Crippen molar-refractivity contribution in [2.24, 2.45) is 5.92 Å². The minimum atomic E-state index is -1.14. The van der Waals surface area contributed by atoms with Crippen molar-refractivity contribution in [3.8, 4) is 0 Å². The van der Waals surface area contributed by atoms with Crippen LogP contribution < -0.4 is 10.2 Å². The number of hydrogen-bond donors (Lipinski definition) is 3. The number of ether oxygens (including phenoxy) is 1. The summed E-state index contributed by atoms with van der Waals surface area (Å²) in [7, 11) is 0. The molecule has 0 aromatic carbocycles. The lowest BCUT2D eigenvalue weighted by Crippen LogP contribution is -2.50. The maximum atomic E-state index is 12.7. The number of rotatable bonds is 6. The van der Waals surface area contributed by atoms with E-state index in [1.807, 2.05) is 18.2 Å². The van der Waals surface area contributed by atoms with Crippen molar-refractivity contribution in [1.29, 1.82) is 0 Å². The minimum absolute atomic E-state index is 0.00881. The lowest BCUT2D eigenvalue weighted by atomic mass is 10.0. The van der Waals surface area contributed by atoms with Crippen LogP contribution in [-0.2, 0) is 14.3 Å². The summed E-state index contributed by atoms with van der Waals surface area (Å²) in [6, 6.07) is 5.76. The topological polar surface area (TPSA) is 115 Å². The number of piperazine rings is 1. The van der Waals surface area contributed by atoms with Crippen LogP contribution in [0.3, 0.4) is 0 Å². The van der Waals surface area contributed by atoms with E-state index in [0.717, 1.165) is 18.7 Å². The van der Waals surface area contributed by atoms with Crippen LogP contribution in [0, 0.1) is 5.92 Å². The second-order valence-electron chi connectivity index (χ2n) is 7.97. The zero-order chi connectivity index (χ0) is 20.4. The van der Waals surface area contributed by atoms with Gasteiger partial charge < -0.3 is 30.1 Å². The smallest absolute Gasteiger partial charge is 0.225 e. The van der Waals surface area contributed by atoms with Crippen LogP contribution >= 0.6 is 0 Å². The van der Waals surface area contributed by atoms with Gasteiger partial charge in [-0.3, -0.25) is 9.59 Å². The second kappa shape index (κ2) is 8.64. The van der Waals surface area contributed by atoms with E-state index in [-0.39, 0.29) is 30.7 Å². The SMILES string of the molecule is O=C(NC[C@H]1O[C@@H](CC(=O)N2CCN(c3ccccn3)CC2)[C@H](O)[C@@H]1O)C1CC1. The summed E-state index contributed by atoms with van der Waals surface area (Å²) in [5.41, 5.74) is 0. The molecule has 9 heteroatoms. The maximum Gasteiger partial charge on any atom is 0.225 e. The molecule has 29 heavy (non-hydrogen) atoms. The van der Waals surface area contributed by atoms with Crippen molar-refractivity contribution in [3.05, 3.63) is 24.4 Å². The average molecular weight is 404 g/mol. The molecule has 1 aromatic heterocycles. The van der Waals surface area contributed by atoms with Gasteiger partial charge in [-0.05, 0) is 25.0 Å². The fraction of sp³-hybridized carbons (Fsp3) is 0.650. The summed E-state index contributed by atoms with van der Waals surface area (Å²) < 4.78 is 5.71. The first-order valence-electron chi connectivity index (χ1n) is 10.3. The van der Waals surface area contributed by atoms with Crippen molar-refractivity contribution in [2.45, 2.75) is 43.7 Å². The number of carbonyl (C=O) groups is 2. The molecule has 0 spiro atoms. The van der Waals surface area contributed by atoms with Gasteiger partial charge in [-0.25, -0.2) is 4.98 Å². The van der Waals surface area contributed by atoms with Crippen LogP contribution in [0.2, 0.25) is 0 Å². The molecule has 3 heterocycles. The number of anilines is 1. The number of aliphatic hydroxyl groups is 2. The molecule has 3 N–H and O–H groups in total. The first-order valence-corrected chi connectivity index (χ1v) is 10.3. The van der Waals surface area contributed by atoms with Crippen molar-refractivity contribution >= 4 is 17.6 Å². The molecule has 0 radical (unpaired) electrons. The zero-order valence-corrected chi connectivity index (χ0v) is 16.3. The molecule has 0 bridgehead atoms. The molecule has 2 aliphatic heterocycles. The highest BCUT2D eigenvalue weighted by atomic mass is 16.5. The van der Waals surface area contributed by atoms with Crippen LogP contribution in [0.1, 0.15) is 19.3 Å². The Kier molecular flexibility index (Phi) is 5.98. The number of nitrogens with zero attached hydrogens (tertiary/aromatic N) is 3. The van der Waals surface area contributed by atoms with E-state index in [2.05, 4.69) is 15.2 Å². The van der Waals surface area contributed by atoms with Gasteiger partial charge in [-0.15, -0.1) is 0 Å². The number of aromatic nitrogens is 1. The van der Waals surface area contributed by atoms with Gasteiger partial charge in [0.05, 0.1) is 12.5 Å². The Bertz CT molecular complexity index is 721. The summed E-state index contributed by atoms with van der Waals surface area (Å²) in [5, 5.41) is 23.2. The molecule has 2 saturated heterocycles.